The van der Waals surface area contributed by atoms with E-state index in [9.17, 15) is 9.59 Å². The zero-order chi connectivity index (χ0) is 18.1. The Bertz CT molecular complexity index is 817. The highest BCUT2D eigenvalue weighted by Gasteiger charge is 2.32. The fourth-order valence-corrected chi connectivity index (χ4v) is 4.19. The lowest BCUT2D eigenvalue weighted by Crippen LogP contribution is -2.39. The molecule has 0 atom stereocenters. The number of aromatic nitrogens is 1. The second-order valence-electron chi connectivity index (χ2n) is 7.43. The summed E-state index contributed by atoms with van der Waals surface area (Å²) in [4.78, 5) is 31.1. The van der Waals surface area contributed by atoms with Crippen LogP contribution >= 0.6 is 0 Å². The normalized spacial score (nSPS) is 18.0. The van der Waals surface area contributed by atoms with Gasteiger partial charge in [-0.25, -0.2) is 0 Å². The number of pyridine rings is 1. The standard InChI is InChI=1S/C21H24N2O3/c1-14-19-17(24)5-2-6-18(19)26-20(14)21(25)23-10-7-15(8-11-23)12-16-4-3-9-22-13-16/h3-4,9,13,15H,2,5-8,10-12H2,1H3. The number of fused-ring (bicyclic) bond motifs is 1. The molecule has 136 valence electrons. The van der Waals surface area contributed by atoms with Crippen LogP contribution in [0, 0.1) is 12.8 Å². The number of rotatable bonds is 3. The van der Waals surface area contributed by atoms with Crippen molar-refractivity contribution in [2.45, 2.75) is 45.4 Å². The molecular formula is C21H24N2O3. The monoisotopic (exact) mass is 352 g/mol. The Hall–Kier alpha value is -2.43. The lowest BCUT2D eigenvalue weighted by atomic mass is 9.90. The van der Waals surface area contributed by atoms with Crippen molar-refractivity contribution >= 4 is 11.7 Å². The fraction of sp³-hybridized carbons (Fsp3) is 0.476. The Kier molecular flexibility index (Phi) is 4.62. The Labute approximate surface area is 153 Å². The molecule has 1 aliphatic heterocycles. The molecule has 0 saturated carbocycles. The van der Waals surface area contributed by atoms with Gasteiger partial charge >= 0.3 is 0 Å². The van der Waals surface area contributed by atoms with E-state index in [0.717, 1.165) is 50.8 Å². The number of ketones is 1. The molecular weight excluding hydrogens is 328 g/mol. The summed E-state index contributed by atoms with van der Waals surface area (Å²) >= 11 is 0. The maximum Gasteiger partial charge on any atom is 0.289 e. The van der Waals surface area contributed by atoms with Crippen LogP contribution in [0.25, 0.3) is 0 Å². The minimum atomic E-state index is -0.0653. The Morgan fingerprint density at radius 3 is 2.81 bits per heavy atom. The van der Waals surface area contributed by atoms with Crippen molar-refractivity contribution in [2.75, 3.05) is 13.1 Å². The van der Waals surface area contributed by atoms with Crippen LogP contribution < -0.4 is 0 Å². The van der Waals surface area contributed by atoms with E-state index in [2.05, 4.69) is 11.1 Å². The molecule has 2 aromatic rings. The van der Waals surface area contributed by atoms with E-state index >= 15 is 0 Å². The SMILES string of the molecule is Cc1c(C(=O)N2CCC(Cc3cccnc3)CC2)oc2c1C(=O)CCC2. The molecule has 4 rings (SSSR count). The third kappa shape index (κ3) is 3.18. The summed E-state index contributed by atoms with van der Waals surface area (Å²) < 4.78 is 5.82. The van der Waals surface area contributed by atoms with Crippen LogP contribution in [0.4, 0.5) is 0 Å². The fourth-order valence-electron chi connectivity index (χ4n) is 4.19. The minimum absolute atomic E-state index is 0.0653. The Balaban J connectivity index is 1.42. The van der Waals surface area contributed by atoms with Gasteiger partial charge in [0.15, 0.2) is 11.5 Å². The highest BCUT2D eigenvalue weighted by Crippen LogP contribution is 2.31. The average molecular weight is 352 g/mol. The van der Waals surface area contributed by atoms with Crippen LogP contribution in [0.2, 0.25) is 0 Å². The molecule has 0 N–H and O–H groups in total. The summed E-state index contributed by atoms with van der Waals surface area (Å²) in [6, 6.07) is 4.08. The lowest BCUT2D eigenvalue weighted by molar-refractivity contribution is 0.0655. The molecule has 0 radical (unpaired) electrons. The summed E-state index contributed by atoms with van der Waals surface area (Å²) in [7, 11) is 0. The van der Waals surface area contributed by atoms with Crippen LogP contribution in [0.3, 0.4) is 0 Å². The molecule has 2 aromatic heterocycles. The van der Waals surface area contributed by atoms with Gasteiger partial charge in [0.2, 0.25) is 0 Å². The number of hydrogen-bond donors (Lipinski definition) is 0. The van der Waals surface area contributed by atoms with E-state index in [1.807, 2.05) is 24.1 Å². The number of carbonyl (C=O) groups is 2. The molecule has 0 spiro atoms. The lowest BCUT2D eigenvalue weighted by Gasteiger charge is -2.31. The largest absolute Gasteiger partial charge is 0.455 e. The molecule has 2 aliphatic rings. The first kappa shape index (κ1) is 17.0. The first-order valence-electron chi connectivity index (χ1n) is 9.47. The molecule has 1 aliphatic carbocycles. The van der Waals surface area contributed by atoms with Crippen LogP contribution in [-0.4, -0.2) is 34.7 Å². The molecule has 5 heteroatoms. The van der Waals surface area contributed by atoms with Crippen LogP contribution in [0.15, 0.2) is 28.9 Å². The second-order valence-corrected chi connectivity index (χ2v) is 7.43. The molecule has 0 unspecified atom stereocenters. The zero-order valence-corrected chi connectivity index (χ0v) is 15.2. The molecule has 0 aromatic carbocycles. The van der Waals surface area contributed by atoms with Gasteiger partial charge in [0.1, 0.15) is 5.76 Å². The van der Waals surface area contributed by atoms with Gasteiger partial charge in [-0.05, 0) is 50.2 Å². The number of hydrogen-bond acceptors (Lipinski definition) is 4. The number of amides is 1. The topological polar surface area (TPSA) is 63.4 Å². The number of carbonyl (C=O) groups excluding carboxylic acids is 2. The van der Waals surface area contributed by atoms with Gasteiger partial charge in [-0.1, -0.05) is 6.07 Å². The maximum atomic E-state index is 12.9. The summed E-state index contributed by atoms with van der Waals surface area (Å²) in [5.74, 6) is 1.70. The van der Waals surface area contributed by atoms with E-state index in [0.29, 0.717) is 29.4 Å². The predicted molar refractivity (Wildman–Crippen MR) is 97.3 cm³/mol. The van der Waals surface area contributed by atoms with Gasteiger partial charge < -0.3 is 9.32 Å². The number of furan rings is 1. The van der Waals surface area contributed by atoms with Crippen molar-refractivity contribution in [1.82, 2.24) is 9.88 Å². The zero-order valence-electron chi connectivity index (χ0n) is 15.2. The first-order valence-corrected chi connectivity index (χ1v) is 9.47. The molecule has 3 heterocycles. The van der Waals surface area contributed by atoms with Crippen LogP contribution in [-0.2, 0) is 12.8 Å². The number of aryl methyl sites for hydroxylation is 1. The van der Waals surface area contributed by atoms with Gasteiger partial charge in [-0.2, -0.15) is 0 Å². The molecule has 1 saturated heterocycles. The summed E-state index contributed by atoms with van der Waals surface area (Å²) in [5, 5.41) is 0. The van der Waals surface area contributed by atoms with Gasteiger partial charge in [0.25, 0.3) is 5.91 Å². The number of Topliss-reactive ketones (excluding diaryl/α,β-unsaturated/α-hetero) is 1. The molecule has 1 amide bonds. The van der Waals surface area contributed by atoms with Crippen molar-refractivity contribution in [1.29, 1.82) is 0 Å². The van der Waals surface area contributed by atoms with Gasteiger partial charge in [-0.3, -0.25) is 14.6 Å². The third-order valence-electron chi connectivity index (χ3n) is 5.65. The van der Waals surface area contributed by atoms with E-state index in [1.165, 1.54) is 5.56 Å². The molecule has 1 fully saturated rings. The first-order chi connectivity index (χ1) is 12.6. The molecule has 26 heavy (non-hydrogen) atoms. The smallest absolute Gasteiger partial charge is 0.289 e. The van der Waals surface area contributed by atoms with E-state index in [4.69, 9.17) is 4.42 Å². The summed E-state index contributed by atoms with van der Waals surface area (Å²) in [6.45, 7) is 3.32. The Morgan fingerprint density at radius 1 is 1.31 bits per heavy atom. The van der Waals surface area contributed by atoms with E-state index in [1.54, 1.807) is 6.20 Å². The highest BCUT2D eigenvalue weighted by atomic mass is 16.4. The second kappa shape index (κ2) is 7.06. The quantitative estimate of drug-likeness (QED) is 0.847. The van der Waals surface area contributed by atoms with Crippen molar-refractivity contribution in [3.05, 3.63) is 52.7 Å². The average Bonchev–Trinajstić information content (AvgIpc) is 3.01. The van der Waals surface area contributed by atoms with Gasteiger partial charge in [0.05, 0.1) is 5.56 Å². The predicted octanol–water partition coefficient (Wildman–Crippen LogP) is 3.60. The Morgan fingerprint density at radius 2 is 2.12 bits per heavy atom. The number of nitrogens with zero attached hydrogens (tertiary/aromatic N) is 2. The van der Waals surface area contributed by atoms with Gasteiger partial charge in [-0.15, -0.1) is 0 Å². The molecule has 0 bridgehead atoms. The van der Waals surface area contributed by atoms with E-state index in [-0.39, 0.29) is 11.7 Å². The number of piperidine rings is 1. The van der Waals surface area contributed by atoms with Crippen molar-refractivity contribution in [2.24, 2.45) is 5.92 Å². The van der Waals surface area contributed by atoms with Crippen LogP contribution in [0.5, 0.6) is 0 Å². The number of likely N-dealkylation sites (tertiary alicyclic amines) is 1. The van der Waals surface area contributed by atoms with Crippen molar-refractivity contribution in [3.8, 4) is 0 Å². The molecule has 5 nitrogen and oxygen atoms in total. The van der Waals surface area contributed by atoms with E-state index < -0.39 is 0 Å². The van der Waals surface area contributed by atoms with Crippen LogP contribution in [0.1, 0.15) is 63.5 Å². The highest BCUT2D eigenvalue weighted by molar-refractivity contribution is 6.03. The minimum Gasteiger partial charge on any atom is -0.455 e. The maximum absolute atomic E-state index is 12.9. The third-order valence-corrected chi connectivity index (χ3v) is 5.65. The van der Waals surface area contributed by atoms with Gasteiger partial charge in [0, 0.05) is 43.9 Å². The van der Waals surface area contributed by atoms with Crippen molar-refractivity contribution < 1.29 is 14.0 Å². The van der Waals surface area contributed by atoms with Crippen molar-refractivity contribution in [3.63, 3.8) is 0 Å². The summed E-state index contributed by atoms with van der Waals surface area (Å²) in [6.07, 6.45) is 8.82. The summed E-state index contributed by atoms with van der Waals surface area (Å²) in [5.41, 5.74) is 2.64.